The van der Waals surface area contributed by atoms with Gasteiger partial charge >= 0.3 is 0 Å². The number of anilines is 1. The minimum Gasteiger partial charge on any atom is -0.382 e. The number of nitrogen functional groups attached to an aromatic ring is 1. The van der Waals surface area contributed by atoms with Crippen LogP contribution in [0.4, 0.5) is 5.82 Å². The molecule has 4 aromatic heterocycles. The van der Waals surface area contributed by atoms with Crippen LogP contribution >= 0.6 is 0 Å². The van der Waals surface area contributed by atoms with Gasteiger partial charge in [0.15, 0.2) is 11.5 Å². The molecule has 0 radical (unpaired) electrons. The monoisotopic (exact) mass is 444 g/mol. The van der Waals surface area contributed by atoms with Gasteiger partial charge in [-0.1, -0.05) is 0 Å². The summed E-state index contributed by atoms with van der Waals surface area (Å²) in [6.07, 6.45) is 6.20. The molecule has 0 aliphatic carbocycles. The minimum absolute atomic E-state index is 0.0237. The zero-order valence-electron chi connectivity index (χ0n) is 18.4. The number of hydrogen-bond acceptors (Lipinski definition) is 6. The normalized spacial score (nSPS) is 16.0. The van der Waals surface area contributed by atoms with Crippen molar-refractivity contribution in [1.29, 1.82) is 0 Å². The summed E-state index contributed by atoms with van der Waals surface area (Å²) in [6.45, 7) is 2.88. The fraction of sp³-hybridized carbons (Fsp3) is 0.261. The summed E-state index contributed by atoms with van der Waals surface area (Å²) in [5.41, 5.74) is 10.5. The van der Waals surface area contributed by atoms with Crippen LogP contribution in [-0.4, -0.2) is 61.2 Å². The van der Waals surface area contributed by atoms with Crippen molar-refractivity contribution in [3.8, 4) is 22.6 Å². The van der Waals surface area contributed by atoms with Crippen molar-refractivity contribution in [1.82, 2.24) is 34.6 Å². The molecule has 168 valence electrons. The van der Waals surface area contributed by atoms with Gasteiger partial charge in [-0.05, 0) is 37.6 Å². The zero-order chi connectivity index (χ0) is 23.1. The van der Waals surface area contributed by atoms with E-state index >= 15 is 0 Å². The first-order valence-corrected chi connectivity index (χ1v) is 10.7. The van der Waals surface area contributed by atoms with E-state index in [1.54, 1.807) is 24.3 Å². The molecule has 5 heterocycles. The van der Waals surface area contributed by atoms with E-state index in [2.05, 4.69) is 25.3 Å². The molecule has 2 amide bonds. The number of carbonyl (C=O) groups is 2. The number of carbonyl (C=O) groups excluding carboxylic acids is 2. The van der Waals surface area contributed by atoms with Gasteiger partial charge in [0.1, 0.15) is 17.0 Å². The van der Waals surface area contributed by atoms with Crippen LogP contribution in [0.15, 0.2) is 42.9 Å². The SMILES string of the molecule is Cc1cnc2ccc(-c3nc(C(=O)NCC4CCN(C)C4=O)c(N)nc3-c3ccc[nH]3)cn12. The Bertz CT molecular complexity index is 1360. The van der Waals surface area contributed by atoms with Crippen LogP contribution in [-0.2, 0) is 4.79 Å². The maximum Gasteiger partial charge on any atom is 0.273 e. The van der Waals surface area contributed by atoms with Crippen molar-refractivity contribution in [2.24, 2.45) is 5.92 Å². The number of rotatable bonds is 5. The van der Waals surface area contributed by atoms with Gasteiger partial charge in [-0.25, -0.2) is 15.0 Å². The number of fused-ring (bicyclic) bond motifs is 1. The number of imidazole rings is 1. The number of aromatic amines is 1. The smallest absolute Gasteiger partial charge is 0.273 e. The maximum absolute atomic E-state index is 13.0. The molecule has 1 unspecified atom stereocenters. The zero-order valence-corrected chi connectivity index (χ0v) is 18.4. The van der Waals surface area contributed by atoms with Crippen molar-refractivity contribution in [3.63, 3.8) is 0 Å². The second kappa shape index (κ2) is 8.05. The maximum atomic E-state index is 13.0. The first-order chi connectivity index (χ1) is 15.9. The Balaban J connectivity index is 1.53. The average Bonchev–Trinajstić information content (AvgIpc) is 3.55. The van der Waals surface area contributed by atoms with Crippen LogP contribution in [0.25, 0.3) is 28.3 Å². The predicted molar refractivity (Wildman–Crippen MR) is 123 cm³/mol. The van der Waals surface area contributed by atoms with Crippen molar-refractivity contribution < 1.29 is 9.59 Å². The molecule has 0 bridgehead atoms. The Hall–Kier alpha value is -4.21. The van der Waals surface area contributed by atoms with E-state index in [1.165, 1.54) is 0 Å². The summed E-state index contributed by atoms with van der Waals surface area (Å²) < 4.78 is 1.95. The lowest BCUT2D eigenvalue weighted by molar-refractivity contribution is -0.129. The van der Waals surface area contributed by atoms with E-state index in [4.69, 9.17) is 5.73 Å². The van der Waals surface area contributed by atoms with E-state index in [0.717, 1.165) is 22.6 Å². The van der Waals surface area contributed by atoms with Crippen LogP contribution in [0.3, 0.4) is 0 Å². The summed E-state index contributed by atoms with van der Waals surface area (Å²) >= 11 is 0. The average molecular weight is 444 g/mol. The standard InChI is InChI=1S/C23H24N8O2/c1-13-10-26-17-6-5-15(12-31(13)17)18-19(16-4-3-8-25-16)29-21(24)20(28-18)22(32)27-11-14-7-9-30(2)23(14)33/h3-6,8,10,12,14,25H,7,9,11H2,1-2H3,(H2,24,29)(H,27,32). The number of likely N-dealkylation sites (tertiary alicyclic amines) is 1. The highest BCUT2D eigenvalue weighted by molar-refractivity contribution is 5.98. The van der Waals surface area contributed by atoms with E-state index in [1.807, 2.05) is 41.8 Å². The van der Waals surface area contributed by atoms with Crippen LogP contribution in [0.1, 0.15) is 22.6 Å². The summed E-state index contributed by atoms with van der Waals surface area (Å²) in [5.74, 6) is -0.643. The molecule has 1 fully saturated rings. The van der Waals surface area contributed by atoms with Gasteiger partial charge in [0, 0.05) is 50.0 Å². The molecule has 1 saturated heterocycles. The van der Waals surface area contributed by atoms with Crippen molar-refractivity contribution in [3.05, 3.63) is 54.2 Å². The first kappa shape index (κ1) is 20.7. The van der Waals surface area contributed by atoms with Crippen LogP contribution in [0.2, 0.25) is 0 Å². The molecule has 10 nitrogen and oxygen atoms in total. The number of nitrogens with zero attached hydrogens (tertiary/aromatic N) is 5. The van der Waals surface area contributed by atoms with Crippen LogP contribution in [0.5, 0.6) is 0 Å². The van der Waals surface area contributed by atoms with Crippen molar-refractivity contribution >= 4 is 23.3 Å². The first-order valence-electron chi connectivity index (χ1n) is 10.7. The lowest BCUT2D eigenvalue weighted by atomic mass is 10.1. The van der Waals surface area contributed by atoms with Gasteiger partial charge in [0.25, 0.3) is 5.91 Å². The van der Waals surface area contributed by atoms with Crippen molar-refractivity contribution in [2.75, 3.05) is 25.9 Å². The highest BCUT2D eigenvalue weighted by Gasteiger charge is 2.30. The summed E-state index contributed by atoms with van der Waals surface area (Å²) in [7, 11) is 1.76. The number of amides is 2. The van der Waals surface area contributed by atoms with E-state index in [-0.39, 0.29) is 29.9 Å². The van der Waals surface area contributed by atoms with Crippen molar-refractivity contribution in [2.45, 2.75) is 13.3 Å². The van der Waals surface area contributed by atoms with Gasteiger partial charge in [0.05, 0.1) is 11.6 Å². The largest absolute Gasteiger partial charge is 0.382 e. The summed E-state index contributed by atoms with van der Waals surface area (Å²) in [4.78, 5) is 43.5. The second-order valence-electron chi connectivity index (χ2n) is 8.24. The molecule has 0 spiro atoms. The van der Waals surface area contributed by atoms with E-state index in [9.17, 15) is 9.59 Å². The third-order valence-corrected chi connectivity index (χ3v) is 6.00. The molecule has 4 N–H and O–H groups in total. The number of H-pyrrole nitrogens is 1. The van der Waals surface area contributed by atoms with Crippen LogP contribution in [0, 0.1) is 12.8 Å². The summed E-state index contributed by atoms with van der Waals surface area (Å²) in [6, 6.07) is 7.51. The van der Waals surface area contributed by atoms with Crippen LogP contribution < -0.4 is 11.1 Å². The fourth-order valence-corrected chi connectivity index (χ4v) is 4.11. The number of nitrogens with two attached hydrogens (primary N) is 1. The third kappa shape index (κ3) is 3.69. The molecule has 0 aromatic carbocycles. The number of pyridine rings is 1. The molecule has 10 heteroatoms. The Morgan fingerprint density at radius 2 is 2.12 bits per heavy atom. The highest BCUT2D eigenvalue weighted by Crippen LogP contribution is 2.30. The van der Waals surface area contributed by atoms with Gasteiger partial charge in [-0.15, -0.1) is 0 Å². The Kier molecular flexibility index (Phi) is 5.04. The fourth-order valence-electron chi connectivity index (χ4n) is 4.11. The molecule has 5 rings (SSSR count). The Morgan fingerprint density at radius 1 is 1.27 bits per heavy atom. The Labute approximate surface area is 189 Å². The molecular weight excluding hydrogens is 420 g/mol. The molecule has 1 atom stereocenters. The highest BCUT2D eigenvalue weighted by atomic mass is 16.2. The number of hydrogen-bond donors (Lipinski definition) is 3. The van der Waals surface area contributed by atoms with Gasteiger partial charge in [-0.3, -0.25) is 9.59 Å². The van der Waals surface area contributed by atoms with Gasteiger partial charge in [-0.2, -0.15) is 0 Å². The lowest BCUT2D eigenvalue weighted by Crippen LogP contribution is -2.34. The molecule has 4 aromatic rings. The molecular formula is C23H24N8O2. The Morgan fingerprint density at radius 3 is 2.85 bits per heavy atom. The number of aryl methyl sites for hydroxylation is 1. The molecule has 0 saturated carbocycles. The molecule has 1 aliphatic rings. The second-order valence-corrected chi connectivity index (χ2v) is 8.24. The molecule has 1 aliphatic heterocycles. The predicted octanol–water partition coefficient (Wildman–Crippen LogP) is 1.89. The summed E-state index contributed by atoms with van der Waals surface area (Å²) in [5, 5.41) is 2.81. The number of aromatic nitrogens is 5. The quantitative estimate of drug-likeness (QED) is 0.430. The lowest BCUT2D eigenvalue weighted by Gasteiger charge is -2.14. The van der Waals surface area contributed by atoms with E-state index in [0.29, 0.717) is 24.4 Å². The van der Waals surface area contributed by atoms with E-state index < -0.39 is 5.91 Å². The van der Waals surface area contributed by atoms with Gasteiger partial charge in [0.2, 0.25) is 5.91 Å². The van der Waals surface area contributed by atoms with Gasteiger partial charge < -0.3 is 25.3 Å². The number of nitrogens with one attached hydrogen (secondary N) is 2. The third-order valence-electron chi connectivity index (χ3n) is 6.00. The topological polar surface area (TPSA) is 134 Å². The molecule has 33 heavy (non-hydrogen) atoms. The minimum atomic E-state index is -0.457.